The molecule has 1 saturated heterocycles. The van der Waals surface area contributed by atoms with E-state index in [0.29, 0.717) is 18.5 Å². The van der Waals surface area contributed by atoms with Crippen LogP contribution in [0.2, 0.25) is 0 Å². The number of amides is 3. The standard InChI is InChI=1S/C14H11FN2O3/c1-7-2-5-11(12(18)16-7)17-13(19)9-4-3-8(15)6-10(9)14(17)20/h3-4,6,11H,1-2,5H2,(H,16,18). The Bertz CT molecular complexity index is 668. The summed E-state index contributed by atoms with van der Waals surface area (Å²) in [5, 5.41) is 2.53. The second-order valence-electron chi connectivity index (χ2n) is 4.82. The lowest BCUT2D eigenvalue weighted by Gasteiger charge is -2.29. The van der Waals surface area contributed by atoms with E-state index in [2.05, 4.69) is 11.9 Å². The number of hydrogen-bond acceptors (Lipinski definition) is 3. The zero-order chi connectivity index (χ0) is 14.4. The molecule has 1 aromatic rings. The molecule has 2 aliphatic heterocycles. The summed E-state index contributed by atoms with van der Waals surface area (Å²) in [7, 11) is 0. The van der Waals surface area contributed by atoms with Crippen LogP contribution in [0.5, 0.6) is 0 Å². The second-order valence-corrected chi connectivity index (χ2v) is 4.82. The van der Waals surface area contributed by atoms with Crippen LogP contribution in [0.3, 0.4) is 0 Å². The minimum Gasteiger partial charge on any atom is -0.329 e. The molecule has 20 heavy (non-hydrogen) atoms. The first kappa shape index (κ1) is 12.5. The fourth-order valence-electron chi connectivity index (χ4n) is 2.52. The number of hydrogen-bond donors (Lipinski definition) is 1. The molecular formula is C14H11FN2O3. The van der Waals surface area contributed by atoms with Crippen LogP contribution in [0.1, 0.15) is 33.6 Å². The second kappa shape index (κ2) is 4.26. The van der Waals surface area contributed by atoms with Gasteiger partial charge in [0.25, 0.3) is 11.8 Å². The Morgan fingerprint density at radius 2 is 1.90 bits per heavy atom. The number of rotatable bonds is 1. The lowest BCUT2D eigenvalue weighted by molar-refractivity contribution is -0.125. The fourth-order valence-corrected chi connectivity index (χ4v) is 2.52. The van der Waals surface area contributed by atoms with Gasteiger partial charge in [0.15, 0.2) is 0 Å². The molecule has 6 heteroatoms. The topological polar surface area (TPSA) is 66.5 Å². The van der Waals surface area contributed by atoms with Gasteiger partial charge in [-0.1, -0.05) is 6.58 Å². The quantitative estimate of drug-likeness (QED) is 0.783. The molecule has 0 aromatic heterocycles. The molecule has 3 amide bonds. The van der Waals surface area contributed by atoms with E-state index in [0.717, 1.165) is 17.0 Å². The van der Waals surface area contributed by atoms with Crippen LogP contribution in [-0.2, 0) is 4.79 Å². The molecule has 1 fully saturated rings. The van der Waals surface area contributed by atoms with E-state index in [1.54, 1.807) is 0 Å². The van der Waals surface area contributed by atoms with Gasteiger partial charge in [-0.25, -0.2) is 4.39 Å². The average Bonchev–Trinajstić information content (AvgIpc) is 2.63. The lowest BCUT2D eigenvalue weighted by Crippen LogP contribution is -2.51. The number of piperidine rings is 1. The van der Waals surface area contributed by atoms with Gasteiger partial charge in [0.2, 0.25) is 5.91 Å². The van der Waals surface area contributed by atoms with Crippen LogP contribution < -0.4 is 5.32 Å². The molecule has 1 aromatic carbocycles. The molecule has 1 atom stereocenters. The fraction of sp³-hybridized carbons (Fsp3) is 0.214. The van der Waals surface area contributed by atoms with Crippen molar-refractivity contribution in [2.75, 3.05) is 0 Å². The van der Waals surface area contributed by atoms with Crippen molar-refractivity contribution in [1.82, 2.24) is 10.2 Å². The van der Waals surface area contributed by atoms with Gasteiger partial charge in [0.1, 0.15) is 11.9 Å². The van der Waals surface area contributed by atoms with Crippen LogP contribution in [-0.4, -0.2) is 28.7 Å². The molecule has 5 nitrogen and oxygen atoms in total. The Morgan fingerprint density at radius 3 is 2.60 bits per heavy atom. The van der Waals surface area contributed by atoms with Crippen LogP contribution >= 0.6 is 0 Å². The third kappa shape index (κ3) is 1.72. The molecule has 0 spiro atoms. The van der Waals surface area contributed by atoms with E-state index in [-0.39, 0.29) is 11.1 Å². The molecule has 2 heterocycles. The SMILES string of the molecule is C=C1CCC(N2C(=O)c3ccc(F)cc3C2=O)C(=O)N1. The first-order chi connectivity index (χ1) is 9.49. The van der Waals surface area contributed by atoms with Gasteiger partial charge in [-0.3, -0.25) is 19.3 Å². The summed E-state index contributed by atoms with van der Waals surface area (Å²) in [6.45, 7) is 3.64. The monoisotopic (exact) mass is 274 g/mol. The van der Waals surface area contributed by atoms with Gasteiger partial charge in [-0.05, 0) is 31.0 Å². The van der Waals surface area contributed by atoms with Crippen LogP contribution in [0.15, 0.2) is 30.5 Å². The van der Waals surface area contributed by atoms with Gasteiger partial charge in [-0.2, -0.15) is 0 Å². The minimum atomic E-state index is -0.865. The third-order valence-electron chi connectivity index (χ3n) is 3.51. The number of benzene rings is 1. The molecule has 1 N–H and O–H groups in total. The number of imide groups is 1. The molecule has 0 saturated carbocycles. The van der Waals surface area contributed by atoms with Crippen molar-refractivity contribution in [3.8, 4) is 0 Å². The van der Waals surface area contributed by atoms with Crippen LogP contribution in [0.25, 0.3) is 0 Å². The van der Waals surface area contributed by atoms with Crippen LogP contribution in [0.4, 0.5) is 4.39 Å². The van der Waals surface area contributed by atoms with Crippen molar-refractivity contribution < 1.29 is 18.8 Å². The maximum Gasteiger partial charge on any atom is 0.262 e. The summed E-state index contributed by atoms with van der Waals surface area (Å²) >= 11 is 0. The van der Waals surface area contributed by atoms with Crippen molar-refractivity contribution in [3.05, 3.63) is 47.4 Å². The van der Waals surface area contributed by atoms with E-state index < -0.39 is 29.6 Å². The number of carbonyl (C=O) groups is 3. The Kier molecular flexibility index (Phi) is 2.67. The maximum absolute atomic E-state index is 13.2. The molecule has 1 unspecified atom stereocenters. The van der Waals surface area contributed by atoms with Gasteiger partial charge in [-0.15, -0.1) is 0 Å². The zero-order valence-corrected chi connectivity index (χ0v) is 10.5. The first-order valence-corrected chi connectivity index (χ1v) is 6.15. The molecular weight excluding hydrogens is 263 g/mol. The van der Waals surface area contributed by atoms with Crippen molar-refractivity contribution in [2.24, 2.45) is 0 Å². The smallest absolute Gasteiger partial charge is 0.262 e. The Morgan fingerprint density at radius 1 is 1.20 bits per heavy atom. The Hall–Kier alpha value is -2.50. The molecule has 102 valence electrons. The molecule has 0 bridgehead atoms. The van der Waals surface area contributed by atoms with Gasteiger partial charge in [0, 0.05) is 5.70 Å². The molecule has 3 rings (SSSR count). The van der Waals surface area contributed by atoms with E-state index >= 15 is 0 Å². The molecule has 2 aliphatic rings. The van der Waals surface area contributed by atoms with Crippen molar-refractivity contribution in [3.63, 3.8) is 0 Å². The highest BCUT2D eigenvalue weighted by Gasteiger charge is 2.43. The molecule has 0 radical (unpaired) electrons. The highest BCUT2D eigenvalue weighted by Crippen LogP contribution is 2.28. The maximum atomic E-state index is 13.2. The van der Waals surface area contributed by atoms with E-state index in [1.165, 1.54) is 6.07 Å². The number of carbonyl (C=O) groups excluding carboxylic acids is 3. The summed E-state index contributed by atoms with van der Waals surface area (Å²) < 4.78 is 13.2. The summed E-state index contributed by atoms with van der Waals surface area (Å²) in [4.78, 5) is 37.3. The summed E-state index contributed by atoms with van der Waals surface area (Å²) in [6, 6.07) is 2.55. The lowest BCUT2D eigenvalue weighted by atomic mass is 10.0. The van der Waals surface area contributed by atoms with Gasteiger partial charge < -0.3 is 5.32 Å². The third-order valence-corrected chi connectivity index (χ3v) is 3.51. The number of halogens is 1. The predicted octanol–water partition coefficient (Wildman–Crippen LogP) is 1.21. The van der Waals surface area contributed by atoms with Gasteiger partial charge in [0.05, 0.1) is 11.1 Å². The van der Waals surface area contributed by atoms with E-state index in [1.807, 2.05) is 0 Å². The number of allylic oxidation sites excluding steroid dienone is 1. The van der Waals surface area contributed by atoms with Crippen molar-refractivity contribution >= 4 is 17.7 Å². The Balaban J connectivity index is 1.97. The molecule has 0 aliphatic carbocycles. The normalized spacial score (nSPS) is 22.1. The zero-order valence-electron chi connectivity index (χ0n) is 10.5. The average molecular weight is 274 g/mol. The number of nitrogens with one attached hydrogen (secondary N) is 1. The van der Waals surface area contributed by atoms with Gasteiger partial charge >= 0.3 is 0 Å². The number of fused-ring (bicyclic) bond motifs is 1. The first-order valence-electron chi connectivity index (χ1n) is 6.15. The van der Waals surface area contributed by atoms with E-state index in [4.69, 9.17) is 0 Å². The summed E-state index contributed by atoms with van der Waals surface area (Å²) in [5.74, 6) is -2.21. The van der Waals surface area contributed by atoms with Crippen LogP contribution in [0, 0.1) is 5.82 Å². The highest BCUT2D eigenvalue weighted by atomic mass is 19.1. The summed E-state index contributed by atoms with van der Waals surface area (Å²) in [6.07, 6.45) is 0.830. The van der Waals surface area contributed by atoms with E-state index in [9.17, 15) is 18.8 Å². The van der Waals surface area contributed by atoms with Crippen molar-refractivity contribution in [1.29, 1.82) is 0 Å². The largest absolute Gasteiger partial charge is 0.329 e. The van der Waals surface area contributed by atoms with Crippen molar-refractivity contribution in [2.45, 2.75) is 18.9 Å². The number of nitrogens with zero attached hydrogens (tertiary/aromatic N) is 1. The highest BCUT2D eigenvalue weighted by molar-refractivity contribution is 6.22. The minimum absolute atomic E-state index is 0.00667. The Labute approximate surface area is 114 Å². The predicted molar refractivity (Wildman–Crippen MR) is 67.2 cm³/mol. The summed E-state index contributed by atoms with van der Waals surface area (Å²) in [5.41, 5.74) is 0.703.